The molecule has 1 aromatic carbocycles. The molecule has 19 heavy (non-hydrogen) atoms. The molecule has 0 aliphatic carbocycles. The minimum atomic E-state index is 0.621. The quantitative estimate of drug-likeness (QED) is 0.907. The molecule has 0 unspecified atom stereocenters. The molecule has 0 spiro atoms. The molecule has 0 amide bonds. The standard InChI is InChI=1S/C14H19N5/c1-4-9-19(10-5-1)11-8-15-14-16-12-6-2-3-7-13(12)17-18-14/h2-3,6-7H,1,4-5,8-11H2,(H,15,16,18). The van der Waals surface area contributed by atoms with Crippen molar-refractivity contribution in [1.29, 1.82) is 0 Å². The van der Waals surface area contributed by atoms with Gasteiger partial charge in [0.2, 0.25) is 5.95 Å². The van der Waals surface area contributed by atoms with Crippen molar-refractivity contribution in [3.05, 3.63) is 24.3 Å². The van der Waals surface area contributed by atoms with Crippen LogP contribution >= 0.6 is 0 Å². The van der Waals surface area contributed by atoms with E-state index in [1.54, 1.807) is 0 Å². The summed E-state index contributed by atoms with van der Waals surface area (Å²) < 4.78 is 0. The van der Waals surface area contributed by atoms with Gasteiger partial charge in [-0.15, -0.1) is 10.2 Å². The number of nitrogens with zero attached hydrogens (tertiary/aromatic N) is 4. The van der Waals surface area contributed by atoms with Crippen molar-refractivity contribution in [2.24, 2.45) is 0 Å². The Morgan fingerprint density at radius 3 is 2.63 bits per heavy atom. The van der Waals surface area contributed by atoms with Crippen LogP contribution in [0.5, 0.6) is 0 Å². The van der Waals surface area contributed by atoms with Gasteiger partial charge in [0.25, 0.3) is 0 Å². The number of benzene rings is 1. The molecule has 1 aliphatic rings. The van der Waals surface area contributed by atoms with E-state index < -0.39 is 0 Å². The second-order valence-corrected chi connectivity index (χ2v) is 4.95. The Morgan fingerprint density at radius 2 is 1.79 bits per heavy atom. The van der Waals surface area contributed by atoms with Crippen molar-refractivity contribution in [3.8, 4) is 0 Å². The van der Waals surface area contributed by atoms with Crippen LogP contribution in [0.15, 0.2) is 24.3 Å². The summed E-state index contributed by atoms with van der Waals surface area (Å²) in [6, 6.07) is 7.79. The topological polar surface area (TPSA) is 53.9 Å². The van der Waals surface area contributed by atoms with Crippen molar-refractivity contribution >= 4 is 17.0 Å². The Balaban J connectivity index is 1.56. The third kappa shape index (κ3) is 3.17. The second-order valence-electron chi connectivity index (χ2n) is 4.95. The highest BCUT2D eigenvalue weighted by molar-refractivity contribution is 5.73. The number of hydrogen-bond acceptors (Lipinski definition) is 5. The highest BCUT2D eigenvalue weighted by Crippen LogP contribution is 2.10. The molecule has 1 fully saturated rings. The normalized spacial score (nSPS) is 16.6. The Bertz CT molecular complexity index is 536. The maximum absolute atomic E-state index is 4.45. The van der Waals surface area contributed by atoms with Crippen LogP contribution in [-0.2, 0) is 0 Å². The van der Waals surface area contributed by atoms with Crippen molar-refractivity contribution in [2.45, 2.75) is 19.3 Å². The van der Waals surface area contributed by atoms with Gasteiger partial charge in [0.05, 0.1) is 5.52 Å². The summed E-state index contributed by atoms with van der Waals surface area (Å²) in [5.74, 6) is 0.621. The van der Waals surface area contributed by atoms with E-state index in [1.165, 1.54) is 32.4 Å². The molecule has 0 radical (unpaired) electrons. The minimum absolute atomic E-state index is 0.621. The Morgan fingerprint density at radius 1 is 1.00 bits per heavy atom. The maximum Gasteiger partial charge on any atom is 0.243 e. The van der Waals surface area contributed by atoms with E-state index in [4.69, 9.17) is 0 Å². The van der Waals surface area contributed by atoms with Crippen molar-refractivity contribution in [2.75, 3.05) is 31.5 Å². The third-order valence-corrected chi connectivity index (χ3v) is 3.52. The predicted octanol–water partition coefficient (Wildman–Crippen LogP) is 1.92. The molecule has 2 aromatic rings. The van der Waals surface area contributed by atoms with Crippen molar-refractivity contribution in [1.82, 2.24) is 20.1 Å². The first-order valence-corrected chi connectivity index (χ1v) is 6.97. The molecule has 5 nitrogen and oxygen atoms in total. The number of aromatic nitrogens is 3. The minimum Gasteiger partial charge on any atom is -0.352 e. The zero-order chi connectivity index (χ0) is 12.9. The summed E-state index contributed by atoms with van der Waals surface area (Å²) in [5, 5.41) is 11.5. The van der Waals surface area contributed by atoms with E-state index in [2.05, 4.69) is 25.4 Å². The predicted molar refractivity (Wildman–Crippen MR) is 76.1 cm³/mol. The van der Waals surface area contributed by atoms with E-state index in [-0.39, 0.29) is 0 Å². The van der Waals surface area contributed by atoms with Gasteiger partial charge in [0.15, 0.2) is 0 Å². The summed E-state index contributed by atoms with van der Waals surface area (Å²) in [7, 11) is 0. The highest BCUT2D eigenvalue weighted by Gasteiger charge is 2.09. The van der Waals surface area contributed by atoms with Gasteiger partial charge in [0, 0.05) is 13.1 Å². The summed E-state index contributed by atoms with van der Waals surface area (Å²) in [5.41, 5.74) is 1.72. The summed E-state index contributed by atoms with van der Waals surface area (Å²) in [6.07, 6.45) is 4.03. The van der Waals surface area contributed by atoms with E-state index in [9.17, 15) is 0 Å². The lowest BCUT2D eigenvalue weighted by Crippen LogP contribution is -2.33. The maximum atomic E-state index is 4.45. The number of piperidine rings is 1. The van der Waals surface area contributed by atoms with Crippen LogP contribution in [-0.4, -0.2) is 46.3 Å². The molecule has 0 saturated carbocycles. The molecule has 1 N–H and O–H groups in total. The Hall–Kier alpha value is -1.75. The lowest BCUT2D eigenvalue weighted by atomic mass is 10.1. The van der Waals surface area contributed by atoms with Gasteiger partial charge in [-0.2, -0.15) is 0 Å². The molecule has 0 bridgehead atoms. The van der Waals surface area contributed by atoms with Crippen LogP contribution in [0.25, 0.3) is 11.0 Å². The fraction of sp³-hybridized carbons (Fsp3) is 0.500. The van der Waals surface area contributed by atoms with Crippen molar-refractivity contribution < 1.29 is 0 Å². The van der Waals surface area contributed by atoms with Crippen molar-refractivity contribution in [3.63, 3.8) is 0 Å². The smallest absolute Gasteiger partial charge is 0.243 e. The molecule has 2 heterocycles. The van der Waals surface area contributed by atoms with Crippen LogP contribution in [0, 0.1) is 0 Å². The van der Waals surface area contributed by atoms with Crippen LogP contribution in [0.4, 0.5) is 5.95 Å². The van der Waals surface area contributed by atoms with E-state index in [0.717, 1.165) is 24.1 Å². The molecule has 1 saturated heterocycles. The summed E-state index contributed by atoms with van der Waals surface area (Å²) in [6.45, 7) is 4.37. The number of rotatable bonds is 4. The SMILES string of the molecule is c1ccc2nc(NCCN3CCCCC3)nnc2c1. The first-order valence-electron chi connectivity index (χ1n) is 6.97. The fourth-order valence-electron chi connectivity index (χ4n) is 2.46. The van der Waals surface area contributed by atoms with E-state index in [1.807, 2.05) is 24.3 Å². The number of anilines is 1. The Kier molecular flexibility index (Phi) is 3.83. The molecule has 100 valence electrons. The fourth-order valence-corrected chi connectivity index (χ4v) is 2.46. The molecule has 3 rings (SSSR count). The number of hydrogen-bond donors (Lipinski definition) is 1. The van der Waals surface area contributed by atoms with Crippen LogP contribution in [0.2, 0.25) is 0 Å². The number of fused-ring (bicyclic) bond motifs is 1. The van der Waals surface area contributed by atoms with Crippen LogP contribution < -0.4 is 5.32 Å². The third-order valence-electron chi connectivity index (χ3n) is 3.52. The average Bonchev–Trinajstić information content (AvgIpc) is 2.48. The first kappa shape index (κ1) is 12.3. The van der Waals surface area contributed by atoms with Gasteiger partial charge in [-0.05, 0) is 38.1 Å². The van der Waals surface area contributed by atoms with Gasteiger partial charge in [-0.1, -0.05) is 18.6 Å². The molecule has 1 aliphatic heterocycles. The molecule has 0 atom stereocenters. The molecular formula is C14H19N5. The summed E-state index contributed by atoms with van der Waals surface area (Å²) >= 11 is 0. The largest absolute Gasteiger partial charge is 0.352 e. The lowest BCUT2D eigenvalue weighted by molar-refractivity contribution is 0.237. The van der Waals surface area contributed by atoms with Gasteiger partial charge in [-0.25, -0.2) is 4.98 Å². The zero-order valence-corrected chi connectivity index (χ0v) is 11.0. The molecular weight excluding hydrogens is 238 g/mol. The van der Waals surface area contributed by atoms with Gasteiger partial charge in [-0.3, -0.25) is 0 Å². The van der Waals surface area contributed by atoms with Crippen LogP contribution in [0.1, 0.15) is 19.3 Å². The monoisotopic (exact) mass is 257 g/mol. The van der Waals surface area contributed by atoms with E-state index >= 15 is 0 Å². The number of nitrogens with one attached hydrogen (secondary N) is 1. The van der Waals surface area contributed by atoms with Gasteiger partial charge >= 0.3 is 0 Å². The second kappa shape index (κ2) is 5.93. The lowest BCUT2D eigenvalue weighted by Gasteiger charge is -2.26. The van der Waals surface area contributed by atoms with Gasteiger partial charge < -0.3 is 10.2 Å². The average molecular weight is 257 g/mol. The van der Waals surface area contributed by atoms with E-state index in [0.29, 0.717) is 5.95 Å². The van der Waals surface area contributed by atoms with Gasteiger partial charge in [0.1, 0.15) is 5.52 Å². The first-order chi connectivity index (χ1) is 9.42. The number of para-hydroxylation sites is 1. The number of likely N-dealkylation sites (tertiary alicyclic amines) is 1. The Labute approximate surface area is 113 Å². The summed E-state index contributed by atoms with van der Waals surface area (Å²) in [4.78, 5) is 6.95. The molecule has 5 heteroatoms. The highest BCUT2D eigenvalue weighted by atomic mass is 15.2. The van der Waals surface area contributed by atoms with Crippen LogP contribution in [0.3, 0.4) is 0 Å². The zero-order valence-electron chi connectivity index (χ0n) is 11.0. The molecule has 1 aromatic heterocycles.